The van der Waals surface area contributed by atoms with E-state index in [4.69, 9.17) is 11.6 Å². The second-order valence-corrected chi connectivity index (χ2v) is 9.24. The summed E-state index contributed by atoms with van der Waals surface area (Å²) < 4.78 is 24.4. The lowest BCUT2D eigenvalue weighted by Gasteiger charge is -2.25. The van der Waals surface area contributed by atoms with Crippen molar-refractivity contribution >= 4 is 38.7 Å². The molecule has 3 rings (SSSR count). The molecule has 0 bridgehead atoms. The molecule has 1 fully saturated rings. The maximum absolute atomic E-state index is 12.7. The Morgan fingerprint density at radius 2 is 1.76 bits per heavy atom. The van der Waals surface area contributed by atoms with Gasteiger partial charge in [0.1, 0.15) is 0 Å². The summed E-state index contributed by atoms with van der Waals surface area (Å²) in [5, 5.41) is 11.6. The van der Waals surface area contributed by atoms with Crippen LogP contribution in [0.1, 0.15) is 16.8 Å². The molecule has 0 saturated carbocycles. The highest BCUT2D eigenvalue weighted by atomic mass is 35.5. The first-order valence-corrected chi connectivity index (χ1v) is 11.2. The number of hydrogen-bond donors (Lipinski definition) is 0. The fourth-order valence-electron chi connectivity index (χ4n) is 3.31. The van der Waals surface area contributed by atoms with E-state index in [1.807, 2.05) is 4.90 Å². The van der Waals surface area contributed by atoms with Crippen molar-refractivity contribution in [1.29, 1.82) is 0 Å². The second kappa shape index (κ2) is 8.38. The van der Waals surface area contributed by atoms with Gasteiger partial charge in [-0.3, -0.25) is 14.9 Å². The Balaban J connectivity index is 1.83. The molecule has 1 aliphatic rings. The molecule has 1 heterocycles. The summed E-state index contributed by atoms with van der Waals surface area (Å²) in [6, 6.07) is 10.5. The van der Waals surface area contributed by atoms with E-state index in [0.717, 1.165) is 12.3 Å². The molecule has 0 unspecified atom stereocenters. The molecule has 10 heteroatoms. The van der Waals surface area contributed by atoms with Crippen molar-refractivity contribution in [1.82, 2.24) is 4.90 Å². The van der Waals surface area contributed by atoms with Gasteiger partial charge < -0.3 is 9.80 Å². The predicted octanol–water partition coefficient (Wildman–Crippen LogP) is 3.00. The lowest BCUT2D eigenvalue weighted by atomic mass is 10.2. The molecule has 1 amide bonds. The number of carbonyl (C=O) groups excluding carboxylic acids is 1. The van der Waals surface area contributed by atoms with Crippen LogP contribution in [-0.2, 0) is 9.84 Å². The number of nitrogens with zero attached hydrogens (tertiary/aromatic N) is 3. The largest absolute Gasteiger partial charge is 0.369 e. The Morgan fingerprint density at radius 3 is 2.38 bits per heavy atom. The van der Waals surface area contributed by atoms with E-state index in [2.05, 4.69) is 0 Å². The van der Waals surface area contributed by atoms with E-state index in [-0.39, 0.29) is 16.5 Å². The first-order valence-electron chi connectivity index (χ1n) is 8.95. The quantitative estimate of drug-likeness (QED) is 0.538. The van der Waals surface area contributed by atoms with Crippen LogP contribution in [0.4, 0.5) is 11.4 Å². The number of sulfone groups is 1. The molecule has 154 valence electrons. The Hall–Kier alpha value is -2.65. The van der Waals surface area contributed by atoms with E-state index in [0.29, 0.717) is 48.9 Å². The molecule has 1 saturated heterocycles. The molecule has 0 atom stereocenters. The van der Waals surface area contributed by atoms with Gasteiger partial charge in [0.15, 0.2) is 9.84 Å². The summed E-state index contributed by atoms with van der Waals surface area (Å²) in [6.07, 6.45) is 1.67. The van der Waals surface area contributed by atoms with Gasteiger partial charge in [-0.15, -0.1) is 0 Å². The minimum Gasteiger partial charge on any atom is -0.369 e. The van der Waals surface area contributed by atoms with Crippen LogP contribution in [0.25, 0.3) is 0 Å². The van der Waals surface area contributed by atoms with Crippen molar-refractivity contribution in [2.24, 2.45) is 0 Å². The average Bonchev–Trinajstić information content (AvgIpc) is 2.93. The van der Waals surface area contributed by atoms with E-state index >= 15 is 0 Å². The molecule has 2 aromatic rings. The van der Waals surface area contributed by atoms with Crippen LogP contribution in [0, 0.1) is 10.1 Å². The highest BCUT2D eigenvalue weighted by molar-refractivity contribution is 7.90. The number of hydrogen-bond acceptors (Lipinski definition) is 6. The van der Waals surface area contributed by atoms with Crippen LogP contribution >= 0.6 is 11.6 Å². The number of anilines is 1. The van der Waals surface area contributed by atoms with Crippen LogP contribution in [0.15, 0.2) is 47.4 Å². The van der Waals surface area contributed by atoms with Crippen molar-refractivity contribution in [3.8, 4) is 0 Å². The van der Waals surface area contributed by atoms with Crippen LogP contribution in [0.5, 0.6) is 0 Å². The molecule has 1 aliphatic heterocycles. The van der Waals surface area contributed by atoms with Crippen LogP contribution < -0.4 is 4.90 Å². The molecule has 0 aliphatic carbocycles. The summed E-state index contributed by atoms with van der Waals surface area (Å²) in [5.41, 5.74) is 0.678. The fourth-order valence-corrected chi connectivity index (χ4v) is 4.35. The van der Waals surface area contributed by atoms with Gasteiger partial charge in [0, 0.05) is 55.2 Å². The molecule has 8 nitrogen and oxygen atoms in total. The highest BCUT2D eigenvalue weighted by Crippen LogP contribution is 2.30. The smallest absolute Gasteiger partial charge is 0.270 e. The molecule has 0 aromatic heterocycles. The molecule has 0 radical (unpaired) electrons. The van der Waals surface area contributed by atoms with Crippen LogP contribution in [-0.4, -0.2) is 56.6 Å². The van der Waals surface area contributed by atoms with Crippen molar-refractivity contribution < 1.29 is 18.1 Å². The molecule has 0 N–H and O–H groups in total. The molecule has 29 heavy (non-hydrogen) atoms. The van der Waals surface area contributed by atoms with Gasteiger partial charge in [-0.1, -0.05) is 11.6 Å². The van der Waals surface area contributed by atoms with E-state index in [1.165, 1.54) is 12.1 Å². The number of rotatable bonds is 4. The zero-order chi connectivity index (χ0) is 21.2. The summed E-state index contributed by atoms with van der Waals surface area (Å²) >= 11 is 5.87. The van der Waals surface area contributed by atoms with E-state index in [9.17, 15) is 23.3 Å². The topological polar surface area (TPSA) is 101 Å². The average molecular weight is 438 g/mol. The van der Waals surface area contributed by atoms with Crippen molar-refractivity contribution in [2.45, 2.75) is 11.3 Å². The monoisotopic (exact) mass is 437 g/mol. The van der Waals surface area contributed by atoms with Gasteiger partial charge >= 0.3 is 0 Å². The van der Waals surface area contributed by atoms with Gasteiger partial charge in [-0.05, 0) is 36.8 Å². The third kappa shape index (κ3) is 4.86. The third-order valence-corrected chi connectivity index (χ3v) is 6.15. The molecular formula is C19H20ClN3O5S. The maximum Gasteiger partial charge on any atom is 0.270 e. The van der Waals surface area contributed by atoms with Gasteiger partial charge in [-0.2, -0.15) is 0 Å². The van der Waals surface area contributed by atoms with Gasteiger partial charge in [0.2, 0.25) is 0 Å². The predicted molar refractivity (Wildman–Crippen MR) is 110 cm³/mol. The minimum atomic E-state index is -3.67. The number of nitro benzene ring substituents is 1. The first kappa shape index (κ1) is 21.1. The summed E-state index contributed by atoms with van der Waals surface area (Å²) in [4.78, 5) is 26.7. The molecular weight excluding hydrogens is 418 g/mol. The number of benzene rings is 2. The zero-order valence-corrected chi connectivity index (χ0v) is 17.3. The lowest BCUT2D eigenvalue weighted by molar-refractivity contribution is -0.385. The standard InChI is InChI=1S/C19H20ClN3O5S/c1-29(27,28)18-13-16(23(25)26)7-8-17(18)21-9-2-10-22(12-11-21)19(24)14-3-5-15(20)6-4-14/h3-8,13H,2,9-12H2,1H3. The summed E-state index contributed by atoms with van der Waals surface area (Å²) in [7, 11) is -3.67. The number of amides is 1. The number of carbonyl (C=O) groups is 1. The number of non-ortho nitro benzene ring substituents is 1. The minimum absolute atomic E-state index is 0.0795. The number of nitro groups is 1. The maximum atomic E-state index is 12.7. The van der Waals surface area contributed by atoms with Crippen LogP contribution in [0.3, 0.4) is 0 Å². The second-order valence-electron chi connectivity index (χ2n) is 6.82. The van der Waals surface area contributed by atoms with Gasteiger partial charge in [-0.25, -0.2) is 8.42 Å². The first-order chi connectivity index (χ1) is 13.7. The zero-order valence-electron chi connectivity index (χ0n) is 15.7. The third-order valence-electron chi connectivity index (χ3n) is 4.77. The molecule has 2 aromatic carbocycles. The lowest BCUT2D eigenvalue weighted by Crippen LogP contribution is -2.35. The fraction of sp³-hybridized carbons (Fsp3) is 0.316. The van der Waals surface area contributed by atoms with E-state index < -0.39 is 14.8 Å². The van der Waals surface area contributed by atoms with Gasteiger partial charge in [0.05, 0.1) is 15.5 Å². The Labute approximate surface area is 173 Å². The Kier molecular flexibility index (Phi) is 6.09. The van der Waals surface area contributed by atoms with Crippen molar-refractivity contribution in [3.05, 3.63) is 63.2 Å². The van der Waals surface area contributed by atoms with E-state index in [1.54, 1.807) is 29.2 Å². The summed E-state index contributed by atoms with van der Waals surface area (Å²) in [5.74, 6) is -0.115. The van der Waals surface area contributed by atoms with Crippen molar-refractivity contribution in [2.75, 3.05) is 37.3 Å². The Morgan fingerprint density at radius 1 is 1.07 bits per heavy atom. The SMILES string of the molecule is CS(=O)(=O)c1cc([N+](=O)[O-])ccc1N1CCCN(C(=O)c2ccc(Cl)cc2)CC1. The molecule has 0 spiro atoms. The van der Waals surface area contributed by atoms with Crippen molar-refractivity contribution in [3.63, 3.8) is 0 Å². The normalized spacial score (nSPS) is 15.1. The van der Waals surface area contributed by atoms with Crippen LogP contribution in [0.2, 0.25) is 5.02 Å². The number of halogens is 1. The van der Waals surface area contributed by atoms with Gasteiger partial charge in [0.25, 0.3) is 11.6 Å². The Bertz CT molecular complexity index is 1040. The highest BCUT2D eigenvalue weighted by Gasteiger charge is 2.25. The summed E-state index contributed by atoms with van der Waals surface area (Å²) in [6.45, 7) is 1.88.